The second kappa shape index (κ2) is 6.09. The summed E-state index contributed by atoms with van der Waals surface area (Å²) in [6, 6.07) is 6.76. The molecule has 0 aliphatic carbocycles. The van der Waals surface area contributed by atoms with Crippen LogP contribution >= 0.6 is 0 Å². The number of hydrogen-bond donors (Lipinski definition) is 0. The van der Waals surface area contributed by atoms with Gasteiger partial charge in [-0.2, -0.15) is 0 Å². The van der Waals surface area contributed by atoms with E-state index in [1.54, 1.807) is 47.6 Å². The predicted molar refractivity (Wildman–Crippen MR) is 77.5 cm³/mol. The highest BCUT2D eigenvalue weighted by molar-refractivity contribution is 5.90. The second-order valence-corrected chi connectivity index (χ2v) is 5.43. The van der Waals surface area contributed by atoms with E-state index in [4.69, 9.17) is 8.83 Å². The fourth-order valence-corrected chi connectivity index (χ4v) is 2.73. The van der Waals surface area contributed by atoms with E-state index in [2.05, 4.69) is 0 Å². The van der Waals surface area contributed by atoms with Gasteiger partial charge in [-0.3, -0.25) is 9.59 Å². The smallest absolute Gasteiger partial charge is 0.245 e. The van der Waals surface area contributed by atoms with Gasteiger partial charge in [-0.05, 0) is 30.7 Å². The molecule has 6 nitrogen and oxygen atoms in total. The van der Waals surface area contributed by atoms with Gasteiger partial charge in [0.15, 0.2) is 0 Å². The molecule has 1 saturated heterocycles. The zero-order valence-electron chi connectivity index (χ0n) is 12.4. The highest BCUT2D eigenvalue weighted by atomic mass is 16.3. The monoisotopic (exact) mass is 302 g/mol. The number of furan rings is 2. The quantitative estimate of drug-likeness (QED) is 0.847. The van der Waals surface area contributed by atoms with Gasteiger partial charge in [0.05, 0.1) is 25.6 Å². The van der Waals surface area contributed by atoms with E-state index in [1.807, 2.05) is 6.07 Å². The molecule has 0 N–H and O–H groups in total. The topological polar surface area (TPSA) is 66.9 Å². The summed E-state index contributed by atoms with van der Waals surface area (Å²) in [5, 5.41) is 0. The molecule has 6 heteroatoms. The molecular weight excluding hydrogens is 284 g/mol. The first-order chi connectivity index (χ1) is 10.6. The molecule has 0 aromatic carbocycles. The summed E-state index contributed by atoms with van der Waals surface area (Å²) < 4.78 is 10.5. The van der Waals surface area contributed by atoms with Gasteiger partial charge < -0.3 is 18.6 Å². The van der Waals surface area contributed by atoms with Crippen LogP contribution in [0.25, 0.3) is 0 Å². The van der Waals surface area contributed by atoms with Crippen molar-refractivity contribution in [3.63, 3.8) is 0 Å². The molecule has 1 aliphatic rings. The minimum absolute atomic E-state index is 0.0128. The van der Waals surface area contributed by atoms with Crippen LogP contribution in [0.1, 0.15) is 24.4 Å². The lowest BCUT2D eigenvalue weighted by Crippen LogP contribution is -2.44. The normalized spacial score (nSPS) is 18.0. The average Bonchev–Trinajstić information content (AvgIpc) is 3.23. The van der Waals surface area contributed by atoms with Crippen LogP contribution in [0, 0.1) is 0 Å². The van der Waals surface area contributed by atoms with E-state index in [0.29, 0.717) is 31.7 Å². The molecule has 22 heavy (non-hydrogen) atoms. The van der Waals surface area contributed by atoms with Crippen molar-refractivity contribution in [1.29, 1.82) is 0 Å². The third-order valence-corrected chi connectivity index (χ3v) is 3.87. The molecule has 1 aliphatic heterocycles. The highest BCUT2D eigenvalue weighted by Gasteiger charge is 2.37. The summed E-state index contributed by atoms with van der Waals surface area (Å²) in [7, 11) is 1.72. The Morgan fingerprint density at radius 2 is 1.95 bits per heavy atom. The summed E-state index contributed by atoms with van der Waals surface area (Å²) in [6.45, 7) is 0.724. The number of amides is 2. The van der Waals surface area contributed by atoms with Crippen molar-refractivity contribution >= 4 is 11.8 Å². The lowest BCUT2D eigenvalue weighted by molar-refractivity contribution is -0.141. The molecule has 1 atom stereocenters. The Balaban J connectivity index is 1.68. The fraction of sp³-hybridized carbons (Fsp3) is 0.375. The number of nitrogens with zero attached hydrogens (tertiary/aromatic N) is 2. The van der Waals surface area contributed by atoms with Crippen molar-refractivity contribution in [2.45, 2.75) is 32.0 Å². The lowest BCUT2D eigenvalue weighted by atomic mass is 10.2. The second-order valence-electron chi connectivity index (χ2n) is 5.43. The Hall–Kier alpha value is -2.50. The third kappa shape index (κ3) is 2.90. The van der Waals surface area contributed by atoms with E-state index < -0.39 is 6.04 Å². The van der Waals surface area contributed by atoms with E-state index in [9.17, 15) is 9.59 Å². The fourth-order valence-electron chi connectivity index (χ4n) is 2.73. The Kier molecular flexibility index (Phi) is 4.00. The predicted octanol–water partition coefficient (Wildman–Crippen LogP) is 2.02. The SMILES string of the molecule is CN(Cc1ccco1)C(=O)C1CCC(=O)N1Cc1ccco1. The molecule has 1 fully saturated rings. The third-order valence-electron chi connectivity index (χ3n) is 3.87. The van der Waals surface area contributed by atoms with Gasteiger partial charge in [-0.1, -0.05) is 0 Å². The summed E-state index contributed by atoms with van der Waals surface area (Å²) >= 11 is 0. The largest absolute Gasteiger partial charge is 0.467 e. The van der Waals surface area contributed by atoms with Gasteiger partial charge in [0, 0.05) is 13.5 Å². The molecule has 1 unspecified atom stereocenters. The van der Waals surface area contributed by atoms with E-state index in [0.717, 1.165) is 5.76 Å². The zero-order chi connectivity index (χ0) is 15.5. The van der Waals surface area contributed by atoms with Gasteiger partial charge in [-0.15, -0.1) is 0 Å². The van der Waals surface area contributed by atoms with E-state index in [-0.39, 0.29) is 11.8 Å². The summed E-state index contributed by atoms with van der Waals surface area (Å²) in [5.74, 6) is 1.31. The first-order valence-electron chi connectivity index (χ1n) is 7.24. The maximum absolute atomic E-state index is 12.6. The number of hydrogen-bond acceptors (Lipinski definition) is 4. The van der Waals surface area contributed by atoms with Crippen molar-refractivity contribution in [2.24, 2.45) is 0 Å². The Bertz CT molecular complexity index is 633. The van der Waals surface area contributed by atoms with Gasteiger partial charge in [-0.25, -0.2) is 0 Å². The lowest BCUT2D eigenvalue weighted by Gasteiger charge is -2.27. The number of rotatable bonds is 5. The average molecular weight is 302 g/mol. The van der Waals surface area contributed by atoms with Crippen LogP contribution in [0.3, 0.4) is 0 Å². The molecule has 2 amide bonds. The molecule has 0 saturated carbocycles. The number of carbonyl (C=O) groups excluding carboxylic acids is 2. The Morgan fingerprint density at radius 1 is 1.27 bits per heavy atom. The summed E-state index contributed by atoms with van der Waals surface area (Å²) in [5.41, 5.74) is 0. The summed E-state index contributed by atoms with van der Waals surface area (Å²) in [6.07, 6.45) is 4.08. The molecule has 0 bridgehead atoms. The van der Waals surface area contributed by atoms with Crippen LogP contribution < -0.4 is 0 Å². The number of likely N-dealkylation sites (tertiary alicyclic amines) is 1. The maximum atomic E-state index is 12.6. The molecule has 3 rings (SSSR count). The van der Waals surface area contributed by atoms with Gasteiger partial charge >= 0.3 is 0 Å². The Morgan fingerprint density at radius 3 is 2.59 bits per heavy atom. The molecule has 0 radical (unpaired) electrons. The van der Waals surface area contributed by atoms with Crippen LogP contribution in [0.4, 0.5) is 0 Å². The molecule has 2 aromatic heterocycles. The van der Waals surface area contributed by atoms with Crippen LogP contribution in [0.2, 0.25) is 0 Å². The van der Waals surface area contributed by atoms with Crippen molar-refractivity contribution in [3.05, 3.63) is 48.3 Å². The van der Waals surface area contributed by atoms with Crippen molar-refractivity contribution in [1.82, 2.24) is 9.80 Å². The van der Waals surface area contributed by atoms with Crippen molar-refractivity contribution < 1.29 is 18.4 Å². The van der Waals surface area contributed by atoms with Gasteiger partial charge in [0.25, 0.3) is 0 Å². The van der Waals surface area contributed by atoms with Gasteiger partial charge in [0.2, 0.25) is 11.8 Å². The molecule has 2 aromatic rings. The minimum atomic E-state index is -0.433. The first-order valence-corrected chi connectivity index (χ1v) is 7.24. The van der Waals surface area contributed by atoms with Gasteiger partial charge in [0.1, 0.15) is 17.6 Å². The minimum Gasteiger partial charge on any atom is -0.467 e. The highest BCUT2D eigenvalue weighted by Crippen LogP contribution is 2.23. The standard InChI is InChI=1S/C16H18N2O4/c1-17(10-12-4-2-8-21-12)16(20)14-6-7-15(19)18(14)11-13-5-3-9-22-13/h2-5,8-9,14H,6-7,10-11H2,1H3. The van der Waals surface area contributed by atoms with Crippen LogP contribution in [-0.2, 0) is 22.7 Å². The van der Waals surface area contributed by atoms with E-state index >= 15 is 0 Å². The number of likely N-dealkylation sites (N-methyl/N-ethyl adjacent to an activating group) is 1. The first kappa shape index (κ1) is 14.4. The molecule has 0 spiro atoms. The molecule has 116 valence electrons. The summed E-state index contributed by atoms with van der Waals surface area (Å²) in [4.78, 5) is 27.9. The van der Waals surface area contributed by atoms with Crippen molar-refractivity contribution in [3.8, 4) is 0 Å². The van der Waals surface area contributed by atoms with E-state index in [1.165, 1.54) is 0 Å². The maximum Gasteiger partial charge on any atom is 0.245 e. The number of carbonyl (C=O) groups is 2. The van der Waals surface area contributed by atoms with Crippen LogP contribution in [-0.4, -0.2) is 34.7 Å². The van der Waals surface area contributed by atoms with Crippen LogP contribution in [0.5, 0.6) is 0 Å². The zero-order valence-corrected chi connectivity index (χ0v) is 12.4. The van der Waals surface area contributed by atoms with Crippen LogP contribution in [0.15, 0.2) is 45.6 Å². The molecule has 3 heterocycles. The Labute approximate surface area is 128 Å². The van der Waals surface area contributed by atoms with Crippen molar-refractivity contribution in [2.75, 3.05) is 7.05 Å². The molecular formula is C16H18N2O4.